The van der Waals surface area contributed by atoms with E-state index in [1.165, 1.54) is 0 Å². The van der Waals surface area contributed by atoms with Gasteiger partial charge in [0.25, 0.3) is 0 Å². The summed E-state index contributed by atoms with van der Waals surface area (Å²) in [5, 5.41) is 3.39. The molecule has 0 bridgehead atoms. The SMILES string of the molecule is Cc1cc(C)n2cnc(CNCc3ccc(-c4ccco4)cn3)c2n1. The first-order valence-electron chi connectivity index (χ1n) is 8.20. The fraction of sp³-hybridized carbons (Fsp3) is 0.211. The van der Waals surface area contributed by atoms with E-state index in [1.807, 2.05) is 48.1 Å². The highest BCUT2D eigenvalue weighted by molar-refractivity contribution is 5.55. The zero-order chi connectivity index (χ0) is 17.2. The molecule has 4 aromatic heterocycles. The molecule has 0 atom stereocenters. The van der Waals surface area contributed by atoms with Gasteiger partial charge in [0.15, 0.2) is 5.65 Å². The molecular formula is C19H19N5O. The van der Waals surface area contributed by atoms with Crippen molar-refractivity contribution in [3.63, 3.8) is 0 Å². The second kappa shape index (κ2) is 6.49. The Morgan fingerprint density at radius 1 is 1.12 bits per heavy atom. The van der Waals surface area contributed by atoms with Crippen molar-refractivity contribution in [2.45, 2.75) is 26.9 Å². The van der Waals surface area contributed by atoms with Gasteiger partial charge in [0.2, 0.25) is 0 Å². The number of nitrogens with zero attached hydrogens (tertiary/aromatic N) is 4. The Kier molecular flexibility index (Phi) is 4.03. The van der Waals surface area contributed by atoms with E-state index in [9.17, 15) is 0 Å². The third-order valence-corrected chi connectivity index (χ3v) is 4.12. The van der Waals surface area contributed by atoms with Crippen molar-refractivity contribution in [1.82, 2.24) is 24.7 Å². The lowest BCUT2D eigenvalue weighted by Gasteiger charge is -2.05. The summed E-state index contributed by atoms with van der Waals surface area (Å²) in [5.74, 6) is 0.827. The maximum Gasteiger partial charge on any atom is 0.161 e. The number of hydrogen-bond donors (Lipinski definition) is 1. The van der Waals surface area contributed by atoms with E-state index in [0.29, 0.717) is 13.1 Å². The van der Waals surface area contributed by atoms with Crippen molar-refractivity contribution in [2.75, 3.05) is 0 Å². The highest BCUT2D eigenvalue weighted by atomic mass is 16.3. The normalized spacial score (nSPS) is 11.3. The molecule has 6 heteroatoms. The number of aryl methyl sites for hydroxylation is 2. The van der Waals surface area contributed by atoms with Gasteiger partial charge in [-0.1, -0.05) is 0 Å². The van der Waals surface area contributed by atoms with Crippen molar-refractivity contribution in [3.8, 4) is 11.3 Å². The molecule has 6 nitrogen and oxygen atoms in total. The molecule has 0 saturated heterocycles. The molecule has 0 aliphatic rings. The van der Waals surface area contributed by atoms with Crippen molar-refractivity contribution in [2.24, 2.45) is 0 Å². The van der Waals surface area contributed by atoms with Gasteiger partial charge in [-0.05, 0) is 44.2 Å². The number of hydrogen-bond acceptors (Lipinski definition) is 5. The fourth-order valence-corrected chi connectivity index (χ4v) is 2.88. The quantitative estimate of drug-likeness (QED) is 0.607. The van der Waals surface area contributed by atoms with E-state index in [1.54, 1.807) is 6.26 Å². The molecule has 0 spiro atoms. The van der Waals surface area contributed by atoms with E-state index >= 15 is 0 Å². The van der Waals surface area contributed by atoms with E-state index in [0.717, 1.165) is 39.7 Å². The first-order chi connectivity index (χ1) is 12.2. The largest absolute Gasteiger partial charge is 0.464 e. The Morgan fingerprint density at radius 2 is 2.04 bits per heavy atom. The van der Waals surface area contributed by atoms with Gasteiger partial charge in [0, 0.05) is 36.2 Å². The van der Waals surface area contributed by atoms with Crippen LogP contribution in [0.3, 0.4) is 0 Å². The van der Waals surface area contributed by atoms with Crippen molar-refractivity contribution >= 4 is 5.65 Å². The molecule has 0 fully saturated rings. The molecule has 0 amide bonds. The summed E-state index contributed by atoms with van der Waals surface area (Å²) in [6, 6.07) is 9.87. The van der Waals surface area contributed by atoms with Crippen LogP contribution in [0.4, 0.5) is 0 Å². The molecule has 1 N–H and O–H groups in total. The predicted octanol–water partition coefficient (Wildman–Crippen LogP) is 3.29. The van der Waals surface area contributed by atoms with E-state index in [4.69, 9.17) is 4.42 Å². The van der Waals surface area contributed by atoms with Gasteiger partial charge in [-0.3, -0.25) is 9.38 Å². The Morgan fingerprint density at radius 3 is 2.80 bits per heavy atom. The summed E-state index contributed by atoms with van der Waals surface area (Å²) >= 11 is 0. The van der Waals surface area contributed by atoms with Crippen molar-refractivity contribution in [3.05, 3.63) is 71.9 Å². The van der Waals surface area contributed by atoms with Crippen LogP contribution in [0, 0.1) is 13.8 Å². The van der Waals surface area contributed by atoms with Crippen LogP contribution in [0.1, 0.15) is 22.8 Å². The van der Waals surface area contributed by atoms with Gasteiger partial charge in [0.05, 0.1) is 17.7 Å². The number of pyridine rings is 1. The topological polar surface area (TPSA) is 68.2 Å². The number of imidazole rings is 1. The van der Waals surface area contributed by atoms with Crippen LogP contribution in [0.2, 0.25) is 0 Å². The number of rotatable bonds is 5. The lowest BCUT2D eigenvalue weighted by atomic mass is 10.2. The Bertz CT molecular complexity index is 987. The lowest BCUT2D eigenvalue weighted by Crippen LogP contribution is -2.14. The average Bonchev–Trinajstić information content (AvgIpc) is 3.26. The zero-order valence-electron chi connectivity index (χ0n) is 14.2. The summed E-state index contributed by atoms with van der Waals surface area (Å²) in [7, 11) is 0. The predicted molar refractivity (Wildman–Crippen MR) is 94.9 cm³/mol. The standard InChI is InChI=1S/C19H19N5O/c1-13-8-14(2)24-12-22-17(19(24)23-13)11-20-10-16-6-5-15(9-21-16)18-4-3-7-25-18/h3-9,12,20H,10-11H2,1-2H3. The molecule has 25 heavy (non-hydrogen) atoms. The van der Waals surface area contributed by atoms with Crippen molar-refractivity contribution < 1.29 is 4.42 Å². The van der Waals surface area contributed by atoms with Gasteiger partial charge >= 0.3 is 0 Å². The summed E-state index contributed by atoms with van der Waals surface area (Å²) in [6.45, 7) is 5.38. The zero-order valence-corrected chi connectivity index (χ0v) is 14.2. The molecule has 0 radical (unpaired) electrons. The molecule has 0 saturated carbocycles. The fourth-order valence-electron chi connectivity index (χ4n) is 2.88. The summed E-state index contributed by atoms with van der Waals surface area (Å²) in [4.78, 5) is 13.6. The molecule has 0 aliphatic heterocycles. The number of aromatic nitrogens is 4. The van der Waals surface area contributed by atoms with Crippen molar-refractivity contribution in [1.29, 1.82) is 0 Å². The molecule has 0 aromatic carbocycles. The van der Waals surface area contributed by atoms with E-state index in [-0.39, 0.29) is 0 Å². The maximum atomic E-state index is 5.38. The summed E-state index contributed by atoms with van der Waals surface area (Å²) < 4.78 is 7.39. The first kappa shape index (κ1) is 15.5. The van der Waals surface area contributed by atoms with Crippen LogP contribution in [0.15, 0.2) is 53.5 Å². The molecule has 4 aromatic rings. The van der Waals surface area contributed by atoms with Gasteiger partial charge < -0.3 is 9.73 Å². The number of fused-ring (bicyclic) bond motifs is 1. The van der Waals surface area contributed by atoms with Crippen LogP contribution in [-0.4, -0.2) is 19.4 Å². The third-order valence-electron chi connectivity index (χ3n) is 4.12. The van der Waals surface area contributed by atoms with E-state index < -0.39 is 0 Å². The van der Waals surface area contributed by atoms with Crippen LogP contribution in [0.25, 0.3) is 17.0 Å². The lowest BCUT2D eigenvalue weighted by molar-refractivity contribution is 0.582. The average molecular weight is 333 g/mol. The Labute approximate surface area is 145 Å². The van der Waals surface area contributed by atoms with Gasteiger partial charge in [0.1, 0.15) is 12.1 Å². The number of nitrogens with one attached hydrogen (secondary N) is 1. The van der Waals surface area contributed by atoms with Crippen LogP contribution < -0.4 is 5.32 Å². The summed E-state index contributed by atoms with van der Waals surface area (Å²) in [6.07, 6.45) is 5.32. The monoisotopic (exact) mass is 333 g/mol. The first-order valence-corrected chi connectivity index (χ1v) is 8.20. The molecular weight excluding hydrogens is 314 g/mol. The molecule has 4 rings (SSSR count). The minimum Gasteiger partial charge on any atom is -0.464 e. The molecule has 0 aliphatic carbocycles. The van der Waals surface area contributed by atoms with Crippen LogP contribution in [-0.2, 0) is 13.1 Å². The minimum absolute atomic E-state index is 0.647. The Balaban J connectivity index is 1.43. The third kappa shape index (κ3) is 3.16. The van der Waals surface area contributed by atoms with Gasteiger partial charge in [-0.25, -0.2) is 9.97 Å². The van der Waals surface area contributed by atoms with Gasteiger partial charge in [-0.2, -0.15) is 0 Å². The highest BCUT2D eigenvalue weighted by Gasteiger charge is 2.08. The highest BCUT2D eigenvalue weighted by Crippen LogP contribution is 2.18. The molecule has 4 heterocycles. The Hall–Kier alpha value is -2.99. The second-order valence-corrected chi connectivity index (χ2v) is 6.04. The number of furan rings is 1. The van der Waals surface area contributed by atoms with E-state index in [2.05, 4.69) is 33.3 Å². The second-order valence-electron chi connectivity index (χ2n) is 6.04. The smallest absolute Gasteiger partial charge is 0.161 e. The summed E-state index contributed by atoms with van der Waals surface area (Å²) in [5.41, 5.74) is 5.94. The van der Waals surface area contributed by atoms with Crippen LogP contribution in [0.5, 0.6) is 0 Å². The minimum atomic E-state index is 0.647. The molecule has 0 unspecified atom stereocenters. The molecule has 126 valence electrons. The van der Waals surface area contributed by atoms with Gasteiger partial charge in [-0.15, -0.1) is 0 Å². The van der Waals surface area contributed by atoms with Crippen LogP contribution >= 0.6 is 0 Å². The maximum absolute atomic E-state index is 5.38.